The van der Waals surface area contributed by atoms with Crippen molar-refractivity contribution in [3.63, 3.8) is 0 Å². The molecule has 0 saturated heterocycles. The van der Waals surface area contributed by atoms with Crippen LogP contribution in [0.2, 0.25) is 0 Å². The molecule has 2 rings (SSSR count). The van der Waals surface area contributed by atoms with Gasteiger partial charge in [-0.25, -0.2) is 0 Å². The molecule has 0 saturated carbocycles. The van der Waals surface area contributed by atoms with Crippen LogP contribution >= 0.6 is 22.6 Å². The minimum atomic E-state index is -0.881. The summed E-state index contributed by atoms with van der Waals surface area (Å²) in [5.74, 6) is 0.318. The maximum Gasteiger partial charge on any atom is 0.270 e. The molecule has 2 N–H and O–H groups in total. The highest BCUT2D eigenvalue weighted by molar-refractivity contribution is 14.1. The summed E-state index contributed by atoms with van der Waals surface area (Å²) in [6.45, 7) is 3.90. The first kappa shape index (κ1) is 20.1. The largest absolute Gasteiger partial charge is 0.490 e. The molecule has 2 aromatic carbocycles. The van der Waals surface area contributed by atoms with Crippen LogP contribution in [0.3, 0.4) is 0 Å². The highest BCUT2D eigenvalue weighted by Crippen LogP contribution is 2.22. The maximum atomic E-state index is 12.2. The number of nitro benzene ring substituents is 1. The van der Waals surface area contributed by atoms with Crippen LogP contribution < -0.4 is 10.1 Å². The molecule has 0 aliphatic rings. The predicted molar refractivity (Wildman–Crippen MR) is 106 cm³/mol. The van der Waals surface area contributed by atoms with Crippen molar-refractivity contribution in [3.8, 4) is 5.75 Å². The first-order chi connectivity index (χ1) is 12.3. The van der Waals surface area contributed by atoms with Gasteiger partial charge in [-0.15, -0.1) is 0 Å². The summed E-state index contributed by atoms with van der Waals surface area (Å²) in [4.78, 5) is 22.4. The summed E-state index contributed by atoms with van der Waals surface area (Å²) < 4.78 is 6.12. The lowest BCUT2D eigenvalue weighted by atomic mass is 10.1. The van der Waals surface area contributed by atoms with E-state index in [0.29, 0.717) is 9.13 Å². The summed E-state index contributed by atoms with van der Waals surface area (Å²) in [7, 11) is 0. The number of ether oxygens (including phenoxy) is 1. The zero-order chi connectivity index (χ0) is 19.3. The first-order valence-corrected chi connectivity index (χ1v) is 8.96. The number of halogens is 1. The Morgan fingerprint density at radius 1 is 1.31 bits per heavy atom. The van der Waals surface area contributed by atoms with Crippen LogP contribution in [0.15, 0.2) is 36.4 Å². The molecule has 1 amide bonds. The second kappa shape index (κ2) is 8.95. The van der Waals surface area contributed by atoms with Gasteiger partial charge in [-0.1, -0.05) is 18.2 Å². The Bertz CT molecular complexity index is 805. The van der Waals surface area contributed by atoms with Crippen molar-refractivity contribution in [1.29, 1.82) is 0 Å². The molecule has 7 nitrogen and oxygen atoms in total. The summed E-state index contributed by atoms with van der Waals surface area (Å²) >= 11 is 1.87. The van der Waals surface area contributed by atoms with E-state index < -0.39 is 16.9 Å². The minimum absolute atomic E-state index is 0.0107. The van der Waals surface area contributed by atoms with E-state index in [4.69, 9.17) is 4.74 Å². The Labute approximate surface area is 164 Å². The maximum absolute atomic E-state index is 12.2. The average molecular weight is 470 g/mol. The van der Waals surface area contributed by atoms with Crippen molar-refractivity contribution >= 4 is 34.2 Å². The van der Waals surface area contributed by atoms with Crippen molar-refractivity contribution in [2.45, 2.75) is 20.0 Å². The second-order valence-corrected chi connectivity index (χ2v) is 6.98. The highest BCUT2D eigenvalue weighted by Gasteiger charge is 2.16. The highest BCUT2D eigenvalue weighted by atomic mass is 127. The van der Waals surface area contributed by atoms with Crippen LogP contribution in [0.4, 0.5) is 5.69 Å². The fourth-order valence-corrected chi connectivity index (χ4v) is 3.12. The van der Waals surface area contributed by atoms with Crippen LogP contribution in [0.25, 0.3) is 0 Å². The molecule has 0 spiro atoms. The van der Waals surface area contributed by atoms with Crippen molar-refractivity contribution in [2.75, 3.05) is 13.2 Å². The lowest BCUT2D eigenvalue weighted by molar-refractivity contribution is -0.384. The Morgan fingerprint density at radius 2 is 1.96 bits per heavy atom. The number of carbonyl (C=O) groups excluding carboxylic acids is 1. The molecule has 2 aromatic rings. The fourth-order valence-electron chi connectivity index (χ4n) is 2.37. The van der Waals surface area contributed by atoms with Gasteiger partial charge in [0.05, 0.1) is 10.5 Å². The number of nitro groups is 1. The van der Waals surface area contributed by atoms with Gasteiger partial charge in [0.1, 0.15) is 18.5 Å². The molecule has 0 aliphatic carbocycles. The van der Waals surface area contributed by atoms with Crippen LogP contribution in [-0.4, -0.2) is 35.2 Å². The van der Waals surface area contributed by atoms with Gasteiger partial charge in [0.2, 0.25) is 0 Å². The lowest BCUT2D eigenvalue weighted by Crippen LogP contribution is -2.35. The van der Waals surface area contributed by atoms with Crippen LogP contribution in [-0.2, 0) is 0 Å². The van der Waals surface area contributed by atoms with Gasteiger partial charge in [-0.3, -0.25) is 14.9 Å². The number of nitrogens with zero attached hydrogens (tertiary/aromatic N) is 1. The number of nitrogens with one attached hydrogen (secondary N) is 1. The number of aliphatic hydroxyl groups excluding tert-OH is 1. The van der Waals surface area contributed by atoms with E-state index in [9.17, 15) is 20.0 Å². The average Bonchev–Trinajstić information content (AvgIpc) is 2.59. The van der Waals surface area contributed by atoms with Crippen LogP contribution in [0.1, 0.15) is 21.5 Å². The van der Waals surface area contributed by atoms with Crippen LogP contribution in [0.5, 0.6) is 5.75 Å². The molecule has 26 heavy (non-hydrogen) atoms. The Morgan fingerprint density at radius 3 is 2.54 bits per heavy atom. The second-order valence-electron chi connectivity index (χ2n) is 5.82. The van der Waals surface area contributed by atoms with E-state index in [1.165, 1.54) is 18.2 Å². The summed E-state index contributed by atoms with van der Waals surface area (Å²) in [5, 5.41) is 23.4. The van der Waals surface area contributed by atoms with Gasteiger partial charge in [0.15, 0.2) is 0 Å². The number of aliphatic hydroxyl groups is 1. The molecule has 0 fully saturated rings. The minimum Gasteiger partial charge on any atom is -0.490 e. The molecular formula is C18H19IN2O5. The number of rotatable bonds is 7. The molecule has 1 atom stereocenters. The number of aryl methyl sites for hydroxylation is 2. The van der Waals surface area contributed by atoms with Gasteiger partial charge in [0.25, 0.3) is 11.6 Å². The normalized spacial score (nSPS) is 11.7. The first-order valence-electron chi connectivity index (χ1n) is 7.88. The number of para-hydroxylation sites is 1. The number of carbonyl (C=O) groups is 1. The van der Waals surface area contributed by atoms with Gasteiger partial charge in [-0.05, 0) is 53.6 Å². The Balaban J connectivity index is 1.90. The molecule has 0 heterocycles. The van der Waals surface area contributed by atoms with Crippen molar-refractivity contribution < 1.29 is 19.6 Å². The SMILES string of the molecule is Cc1cccc(C)c1OCC(O)CNC(=O)c1ccc([N+](=O)[O-])cc1I. The van der Waals surface area contributed by atoms with Crippen molar-refractivity contribution in [1.82, 2.24) is 5.32 Å². The third kappa shape index (κ3) is 5.15. The molecular weight excluding hydrogens is 451 g/mol. The van der Waals surface area contributed by atoms with E-state index in [1.807, 2.05) is 54.6 Å². The topological polar surface area (TPSA) is 102 Å². The summed E-state index contributed by atoms with van der Waals surface area (Å²) in [6, 6.07) is 9.78. The fraction of sp³-hybridized carbons (Fsp3) is 0.278. The predicted octanol–water partition coefficient (Wildman–Crippen LogP) is 2.99. The van der Waals surface area contributed by atoms with Gasteiger partial charge < -0.3 is 15.2 Å². The number of benzene rings is 2. The third-order valence-corrected chi connectivity index (χ3v) is 4.63. The summed E-state index contributed by atoms with van der Waals surface area (Å²) in [6.07, 6.45) is -0.881. The van der Waals surface area contributed by atoms with Crippen molar-refractivity contribution in [2.24, 2.45) is 0 Å². The standard InChI is InChI=1S/C18H19IN2O5/c1-11-4-3-5-12(2)17(11)26-10-14(22)9-20-18(23)15-7-6-13(21(24)25)8-16(15)19/h3-8,14,22H,9-10H2,1-2H3,(H,20,23). The van der Waals surface area contributed by atoms with E-state index in [-0.39, 0.29) is 18.8 Å². The number of hydrogen-bond acceptors (Lipinski definition) is 5. The molecule has 0 bridgehead atoms. The van der Waals surface area contributed by atoms with Gasteiger partial charge in [0, 0.05) is 22.2 Å². The molecule has 0 aromatic heterocycles. The number of hydrogen-bond donors (Lipinski definition) is 2. The zero-order valence-corrected chi connectivity index (χ0v) is 16.5. The Kier molecular flexibility index (Phi) is 6.92. The molecule has 0 radical (unpaired) electrons. The molecule has 8 heteroatoms. The number of amides is 1. The monoisotopic (exact) mass is 470 g/mol. The number of non-ortho nitro benzene ring substituents is 1. The quantitative estimate of drug-likeness (QED) is 0.368. The molecule has 138 valence electrons. The van der Waals surface area contributed by atoms with Gasteiger partial charge >= 0.3 is 0 Å². The summed E-state index contributed by atoms with van der Waals surface area (Å²) in [5.41, 5.74) is 2.19. The van der Waals surface area contributed by atoms with Gasteiger partial charge in [-0.2, -0.15) is 0 Å². The van der Waals surface area contributed by atoms with E-state index in [1.54, 1.807) is 0 Å². The molecule has 1 unspecified atom stereocenters. The van der Waals surface area contributed by atoms with Crippen LogP contribution in [0, 0.1) is 27.5 Å². The Hall–Kier alpha value is -2.20. The van der Waals surface area contributed by atoms with Crippen molar-refractivity contribution in [3.05, 3.63) is 66.8 Å². The third-order valence-electron chi connectivity index (χ3n) is 3.74. The smallest absolute Gasteiger partial charge is 0.270 e. The zero-order valence-electron chi connectivity index (χ0n) is 14.4. The lowest BCUT2D eigenvalue weighted by Gasteiger charge is -2.16. The van der Waals surface area contributed by atoms with E-state index in [0.717, 1.165) is 16.9 Å². The van der Waals surface area contributed by atoms with E-state index in [2.05, 4.69) is 5.32 Å². The molecule has 0 aliphatic heterocycles. The van der Waals surface area contributed by atoms with E-state index >= 15 is 0 Å².